The molecule has 0 aliphatic carbocycles. The second-order valence-corrected chi connectivity index (χ2v) is 8.52. The molecular formula is C25H20N6OS. The molecule has 0 unspecified atom stereocenters. The Bertz CT molecular complexity index is 1400. The average molecular weight is 453 g/mol. The van der Waals surface area contributed by atoms with Gasteiger partial charge in [0.25, 0.3) is 5.91 Å². The number of amides is 1. The van der Waals surface area contributed by atoms with E-state index in [0.717, 1.165) is 32.8 Å². The Hall–Kier alpha value is -4.30. The van der Waals surface area contributed by atoms with Gasteiger partial charge in [0.05, 0.1) is 4.88 Å². The lowest BCUT2D eigenvalue weighted by molar-refractivity contribution is 0.103. The van der Waals surface area contributed by atoms with Crippen LogP contribution in [0.2, 0.25) is 0 Å². The Labute approximate surface area is 194 Å². The number of carbonyl (C=O) groups excluding carboxylic acids is 1. The molecular weight excluding hydrogens is 432 g/mol. The molecule has 5 aromatic rings. The maximum Gasteiger partial charge on any atom is 0.265 e. The van der Waals surface area contributed by atoms with Gasteiger partial charge < -0.3 is 16.0 Å². The molecule has 3 aromatic heterocycles. The van der Waals surface area contributed by atoms with E-state index in [-0.39, 0.29) is 5.91 Å². The standard InChI is InChI=1S/C25H20N6OS/c1-16-10-11-26-22(12-16)31-24-14-23(27-15-28-24)29-18-6-8-19(9-7-18)30-25(32)21-13-17-4-2-3-5-20(17)33-21/h2-15H,1H3,(H,30,32)(H2,26,27,28,29,31). The van der Waals surface area contributed by atoms with Crippen LogP contribution in [0.3, 0.4) is 0 Å². The van der Waals surface area contributed by atoms with Gasteiger partial charge in [0.15, 0.2) is 0 Å². The maximum absolute atomic E-state index is 12.6. The highest BCUT2D eigenvalue weighted by atomic mass is 32.1. The lowest BCUT2D eigenvalue weighted by Gasteiger charge is -2.09. The Morgan fingerprint density at radius 3 is 2.30 bits per heavy atom. The van der Waals surface area contributed by atoms with Gasteiger partial charge >= 0.3 is 0 Å². The summed E-state index contributed by atoms with van der Waals surface area (Å²) in [5, 5.41) is 10.5. The van der Waals surface area contributed by atoms with Gasteiger partial charge in [0.2, 0.25) is 0 Å². The zero-order valence-electron chi connectivity index (χ0n) is 17.7. The minimum absolute atomic E-state index is 0.117. The molecule has 0 saturated carbocycles. The number of anilines is 5. The predicted octanol–water partition coefficient (Wildman–Crippen LogP) is 6.13. The molecule has 5 rings (SSSR count). The summed E-state index contributed by atoms with van der Waals surface area (Å²) in [4.78, 5) is 26.1. The second-order valence-electron chi connectivity index (χ2n) is 7.44. The van der Waals surface area contributed by atoms with Crippen LogP contribution in [-0.4, -0.2) is 20.9 Å². The second kappa shape index (κ2) is 9.05. The van der Waals surface area contributed by atoms with Crippen molar-refractivity contribution in [1.82, 2.24) is 15.0 Å². The molecule has 0 atom stereocenters. The average Bonchev–Trinajstić information content (AvgIpc) is 3.25. The number of aromatic nitrogens is 3. The van der Waals surface area contributed by atoms with Gasteiger partial charge in [-0.25, -0.2) is 15.0 Å². The Morgan fingerprint density at radius 1 is 0.788 bits per heavy atom. The van der Waals surface area contributed by atoms with Crippen molar-refractivity contribution in [3.8, 4) is 0 Å². The SMILES string of the molecule is Cc1ccnc(Nc2cc(Nc3ccc(NC(=O)c4cc5ccccc5s4)cc3)ncn2)c1. The number of hydrogen-bond donors (Lipinski definition) is 3. The molecule has 3 heterocycles. The number of thiophene rings is 1. The first-order valence-electron chi connectivity index (χ1n) is 10.3. The smallest absolute Gasteiger partial charge is 0.265 e. The molecule has 33 heavy (non-hydrogen) atoms. The van der Waals surface area contributed by atoms with Crippen molar-refractivity contribution < 1.29 is 4.79 Å². The number of fused-ring (bicyclic) bond motifs is 1. The molecule has 3 N–H and O–H groups in total. The van der Waals surface area contributed by atoms with E-state index in [1.807, 2.05) is 73.7 Å². The van der Waals surface area contributed by atoms with Crippen molar-refractivity contribution in [1.29, 1.82) is 0 Å². The lowest BCUT2D eigenvalue weighted by Crippen LogP contribution is -2.09. The summed E-state index contributed by atoms with van der Waals surface area (Å²) >= 11 is 1.48. The number of pyridine rings is 1. The van der Waals surface area contributed by atoms with Crippen LogP contribution in [-0.2, 0) is 0 Å². The zero-order chi connectivity index (χ0) is 22.6. The third kappa shape index (κ3) is 4.97. The number of rotatable bonds is 6. The van der Waals surface area contributed by atoms with Crippen LogP contribution in [0.1, 0.15) is 15.2 Å². The number of nitrogens with zero attached hydrogens (tertiary/aromatic N) is 3. The quantitative estimate of drug-likeness (QED) is 0.287. The summed E-state index contributed by atoms with van der Waals surface area (Å²) in [5.74, 6) is 1.88. The van der Waals surface area contributed by atoms with Gasteiger partial charge in [-0.05, 0) is 66.4 Å². The fourth-order valence-electron chi connectivity index (χ4n) is 3.30. The monoisotopic (exact) mass is 452 g/mol. The molecule has 0 aliphatic rings. The van der Waals surface area contributed by atoms with Gasteiger partial charge in [-0.15, -0.1) is 11.3 Å². The minimum Gasteiger partial charge on any atom is -0.340 e. The number of nitrogens with one attached hydrogen (secondary N) is 3. The minimum atomic E-state index is -0.117. The maximum atomic E-state index is 12.6. The highest BCUT2D eigenvalue weighted by molar-refractivity contribution is 7.20. The molecule has 1 amide bonds. The van der Waals surface area contributed by atoms with Crippen LogP contribution in [0.25, 0.3) is 10.1 Å². The van der Waals surface area contributed by atoms with Crippen molar-refractivity contribution in [3.63, 3.8) is 0 Å². The predicted molar refractivity (Wildman–Crippen MR) is 134 cm³/mol. The molecule has 0 fully saturated rings. The summed E-state index contributed by atoms with van der Waals surface area (Å²) < 4.78 is 1.10. The molecule has 0 bridgehead atoms. The molecule has 0 radical (unpaired) electrons. The molecule has 7 nitrogen and oxygen atoms in total. The largest absolute Gasteiger partial charge is 0.340 e. The highest BCUT2D eigenvalue weighted by Gasteiger charge is 2.10. The molecule has 0 spiro atoms. The van der Waals surface area contributed by atoms with E-state index in [0.29, 0.717) is 16.5 Å². The summed E-state index contributed by atoms with van der Waals surface area (Å²) in [6, 6.07) is 23.1. The Morgan fingerprint density at radius 2 is 1.52 bits per heavy atom. The first kappa shape index (κ1) is 20.6. The van der Waals surface area contributed by atoms with E-state index in [4.69, 9.17) is 0 Å². The first-order valence-corrected chi connectivity index (χ1v) is 11.1. The van der Waals surface area contributed by atoms with Gasteiger partial charge in [0.1, 0.15) is 23.8 Å². The van der Waals surface area contributed by atoms with Crippen molar-refractivity contribution in [3.05, 3.63) is 95.8 Å². The van der Waals surface area contributed by atoms with E-state index >= 15 is 0 Å². The molecule has 0 aliphatic heterocycles. The fourth-order valence-corrected chi connectivity index (χ4v) is 4.26. The Balaban J connectivity index is 1.24. The van der Waals surface area contributed by atoms with E-state index in [2.05, 4.69) is 30.9 Å². The van der Waals surface area contributed by atoms with Crippen LogP contribution in [0.15, 0.2) is 85.3 Å². The fraction of sp³-hybridized carbons (Fsp3) is 0.0400. The topological polar surface area (TPSA) is 91.8 Å². The third-order valence-corrected chi connectivity index (χ3v) is 6.02. The van der Waals surface area contributed by atoms with E-state index < -0.39 is 0 Å². The summed E-state index contributed by atoms with van der Waals surface area (Å²) in [6.45, 7) is 2.01. The van der Waals surface area contributed by atoms with Crippen LogP contribution in [0.5, 0.6) is 0 Å². The normalized spacial score (nSPS) is 10.7. The van der Waals surface area contributed by atoms with Crippen molar-refractivity contribution in [2.75, 3.05) is 16.0 Å². The number of benzene rings is 2. The highest BCUT2D eigenvalue weighted by Crippen LogP contribution is 2.26. The number of aryl methyl sites for hydroxylation is 1. The van der Waals surface area contributed by atoms with E-state index in [9.17, 15) is 4.79 Å². The number of hydrogen-bond acceptors (Lipinski definition) is 7. The Kier molecular flexibility index (Phi) is 5.65. The summed E-state index contributed by atoms with van der Waals surface area (Å²) in [7, 11) is 0. The lowest BCUT2D eigenvalue weighted by atomic mass is 10.2. The van der Waals surface area contributed by atoms with Crippen molar-refractivity contribution in [2.24, 2.45) is 0 Å². The van der Waals surface area contributed by atoms with Gasteiger partial charge in [0, 0.05) is 28.3 Å². The molecule has 8 heteroatoms. The van der Waals surface area contributed by atoms with Crippen molar-refractivity contribution in [2.45, 2.75) is 6.92 Å². The zero-order valence-corrected chi connectivity index (χ0v) is 18.6. The van der Waals surface area contributed by atoms with Crippen LogP contribution < -0.4 is 16.0 Å². The third-order valence-electron chi connectivity index (χ3n) is 4.90. The summed E-state index contributed by atoms with van der Waals surface area (Å²) in [6.07, 6.45) is 3.24. The van der Waals surface area contributed by atoms with Crippen LogP contribution >= 0.6 is 11.3 Å². The number of carbonyl (C=O) groups is 1. The first-order chi connectivity index (χ1) is 16.1. The van der Waals surface area contributed by atoms with Crippen LogP contribution in [0.4, 0.5) is 28.8 Å². The van der Waals surface area contributed by atoms with Gasteiger partial charge in [-0.1, -0.05) is 18.2 Å². The van der Waals surface area contributed by atoms with E-state index in [1.54, 1.807) is 12.3 Å². The van der Waals surface area contributed by atoms with E-state index in [1.165, 1.54) is 17.7 Å². The molecule has 0 saturated heterocycles. The van der Waals surface area contributed by atoms with Crippen molar-refractivity contribution >= 4 is 56.2 Å². The molecule has 2 aromatic carbocycles. The van der Waals surface area contributed by atoms with Crippen LogP contribution in [0, 0.1) is 6.92 Å². The summed E-state index contributed by atoms with van der Waals surface area (Å²) in [5.41, 5.74) is 2.67. The van der Waals surface area contributed by atoms with Gasteiger partial charge in [-0.2, -0.15) is 0 Å². The molecule has 162 valence electrons. The van der Waals surface area contributed by atoms with Gasteiger partial charge in [-0.3, -0.25) is 4.79 Å².